The molecular formula is C39H24BrN3O. The fraction of sp³-hybridized carbons (Fsp3) is 0. The van der Waals surface area contributed by atoms with Gasteiger partial charge in [-0.3, -0.25) is 4.98 Å². The minimum Gasteiger partial charge on any atom is -0.455 e. The molecule has 0 bridgehead atoms. The normalized spacial score (nSPS) is 11.3. The number of pyridine rings is 1. The fourth-order valence-electron chi connectivity index (χ4n) is 5.68. The second-order valence-corrected chi connectivity index (χ2v) is 11.5. The van der Waals surface area contributed by atoms with Crippen LogP contribution in [0, 0.1) is 0 Å². The van der Waals surface area contributed by atoms with Crippen molar-refractivity contribution in [1.82, 2.24) is 15.0 Å². The molecule has 0 saturated carbocycles. The molecule has 3 heterocycles. The molecule has 0 unspecified atom stereocenters. The van der Waals surface area contributed by atoms with E-state index in [4.69, 9.17) is 14.4 Å². The van der Waals surface area contributed by atoms with Gasteiger partial charge in [0.2, 0.25) is 0 Å². The van der Waals surface area contributed by atoms with Crippen molar-refractivity contribution in [3.63, 3.8) is 0 Å². The van der Waals surface area contributed by atoms with Gasteiger partial charge in [0.15, 0.2) is 5.82 Å². The Morgan fingerprint density at radius 3 is 1.95 bits per heavy atom. The number of fused-ring (bicyclic) bond motifs is 3. The highest BCUT2D eigenvalue weighted by Gasteiger charge is 2.17. The van der Waals surface area contributed by atoms with E-state index in [2.05, 4.69) is 99.8 Å². The van der Waals surface area contributed by atoms with Crippen molar-refractivity contribution in [3.05, 3.63) is 150 Å². The van der Waals surface area contributed by atoms with Gasteiger partial charge in [-0.25, -0.2) is 9.97 Å². The molecule has 0 amide bonds. The lowest BCUT2D eigenvalue weighted by Gasteiger charge is -2.12. The highest BCUT2D eigenvalue weighted by Crippen LogP contribution is 2.38. The maximum Gasteiger partial charge on any atom is 0.160 e. The summed E-state index contributed by atoms with van der Waals surface area (Å²) in [4.78, 5) is 14.4. The van der Waals surface area contributed by atoms with Crippen LogP contribution in [0.5, 0.6) is 0 Å². The van der Waals surface area contributed by atoms with Gasteiger partial charge in [-0.1, -0.05) is 119 Å². The number of hydrogen-bond donors (Lipinski definition) is 0. The molecule has 0 aliphatic rings. The molecule has 3 aromatic heterocycles. The Hall–Kier alpha value is -5.39. The van der Waals surface area contributed by atoms with E-state index in [1.165, 1.54) is 0 Å². The van der Waals surface area contributed by atoms with E-state index in [0.717, 1.165) is 76.7 Å². The van der Waals surface area contributed by atoms with Crippen molar-refractivity contribution in [2.75, 3.05) is 0 Å². The Kier molecular flexibility index (Phi) is 6.58. The third-order valence-corrected chi connectivity index (χ3v) is 8.55. The second-order valence-electron chi connectivity index (χ2n) is 10.6. The molecule has 0 radical (unpaired) electrons. The van der Waals surface area contributed by atoms with Crippen LogP contribution in [-0.2, 0) is 0 Å². The zero-order valence-corrected chi connectivity index (χ0v) is 25.1. The fourth-order valence-corrected chi connectivity index (χ4v) is 6.26. The zero-order valence-electron chi connectivity index (χ0n) is 23.5. The van der Waals surface area contributed by atoms with Gasteiger partial charge in [-0.15, -0.1) is 0 Å². The first-order valence-electron chi connectivity index (χ1n) is 14.4. The first-order chi connectivity index (χ1) is 21.7. The van der Waals surface area contributed by atoms with Crippen LogP contribution < -0.4 is 0 Å². The smallest absolute Gasteiger partial charge is 0.160 e. The number of nitrogens with zero attached hydrogens (tertiary/aromatic N) is 3. The summed E-state index contributed by atoms with van der Waals surface area (Å²) >= 11 is 3.87. The highest BCUT2D eigenvalue weighted by atomic mass is 79.9. The van der Waals surface area contributed by atoms with E-state index >= 15 is 0 Å². The number of furan rings is 1. The minimum atomic E-state index is 0.660. The van der Waals surface area contributed by atoms with Crippen molar-refractivity contribution < 1.29 is 4.42 Å². The minimum absolute atomic E-state index is 0.660. The Bertz CT molecular complexity index is 2280. The Balaban J connectivity index is 1.23. The number of para-hydroxylation sites is 2. The molecule has 0 atom stereocenters. The van der Waals surface area contributed by atoms with Crippen LogP contribution in [-0.4, -0.2) is 15.0 Å². The molecule has 8 aromatic rings. The summed E-state index contributed by atoms with van der Waals surface area (Å²) in [6, 6.07) is 45.5. The topological polar surface area (TPSA) is 51.8 Å². The predicted octanol–water partition coefficient (Wildman–Crippen LogP) is 10.9. The first kappa shape index (κ1) is 26.3. The van der Waals surface area contributed by atoms with Crippen LogP contribution in [0.1, 0.15) is 0 Å². The standard InChI is InChI=1S/C39H24BrN3O/c40-34-22-28(25-15-17-26(18-16-25)29-10-7-21-41-24-29)19-20-32(34)35-23-36(43-39(42-35)27-8-2-1-3-9-27)33-13-6-12-31-30-11-4-5-14-37(30)44-38(31)33/h1-24H. The summed E-state index contributed by atoms with van der Waals surface area (Å²) in [5.74, 6) is 0.660. The van der Waals surface area contributed by atoms with Gasteiger partial charge in [0, 0.05) is 44.3 Å². The van der Waals surface area contributed by atoms with Crippen LogP contribution >= 0.6 is 15.9 Å². The Morgan fingerprint density at radius 1 is 0.500 bits per heavy atom. The van der Waals surface area contributed by atoms with Gasteiger partial charge >= 0.3 is 0 Å². The molecule has 4 nitrogen and oxygen atoms in total. The number of aromatic nitrogens is 3. The molecule has 0 aliphatic heterocycles. The molecule has 8 rings (SSSR count). The lowest BCUT2D eigenvalue weighted by molar-refractivity contribution is 0.670. The largest absolute Gasteiger partial charge is 0.455 e. The Labute approximate surface area is 262 Å². The van der Waals surface area contributed by atoms with Crippen molar-refractivity contribution in [2.24, 2.45) is 0 Å². The number of benzene rings is 5. The van der Waals surface area contributed by atoms with Crippen LogP contribution in [0.25, 0.3) is 78.1 Å². The average molecular weight is 631 g/mol. The van der Waals surface area contributed by atoms with Gasteiger partial charge in [-0.2, -0.15) is 0 Å². The van der Waals surface area contributed by atoms with Gasteiger partial charge < -0.3 is 4.42 Å². The maximum absolute atomic E-state index is 6.38. The molecular weight excluding hydrogens is 606 g/mol. The maximum atomic E-state index is 6.38. The van der Waals surface area contributed by atoms with Crippen molar-refractivity contribution in [1.29, 1.82) is 0 Å². The van der Waals surface area contributed by atoms with Crippen LogP contribution in [0.2, 0.25) is 0 Å². The SMILES string of the molecule is Brc1cc(-c2ccc(-c3cccnc3)cc2)ccc1-c1cc(-c2cccc3c2oc2ccccc23)nc(-c2ccccc2)n1. The van der Waals surface area contributed by atoms with Crippen molar-refractivity contribution in [2.45, 2.75) is 0 Å². The van der Waals surface area contributed by atoms with Crippen LogP contribution in [0.4, 0.5) is 0 Å². The predicted molar refractivity (Wildman–Crippen MR) is 182 cm³/mol. The van der Waals surface area contributed by atoms with Crippen LogP contribution in [0.3, 0.4) is 0 Å². The average Bonchev–Trinajstić information content (AvgIpc) is 3.48. The number of rotatable bonds is 5. The van der Waals surface area contributed by atoms with E-state index in [9.17, 15) is 0 Å². The highest BCUT2D eigenvalue weighted by molar-refractivity contribution is 9.10. The summed E-state index contributed by atoms with van der Waals surface area (Å²) in [6.07, 6.45) is 3.67. The molecule has 0 spiro atoms. The summed E-state index contributed by atoms with van der Waals surface area (Å²) in [6.45, 7) is 0. The third kappa shape index (κ3) is 4.77. The van der Waals surface area contributed by atoms with Crippen molar-refractivity contribution >= 4 is 37.9 Å². The number of hydrogen-bond acceptors (Lipinski definition) is 4. The van der Waals surface area contributed by atoms with Gasteiger partial charge in [-0.05, 0) is 52.6 Å². The van der Waals surface area contributed by atoms with Gasteiger partial charge in [0.05, 0.1) is 11.4 Å². The van der Waals surface area contributed by atoms with Gasteiger partial charge in [0.25, 0.3) is 0 Å². The van der Waals surface area contributed by atoms with E-state index in [0.29, 0.717) is 5.82 Å². The molecule has 0 N–H and O–H groups in total. The second kappa shape index (κ2) is 11.0. The summed E-state index contributed by atoms with van der Waals surface area (Å²) in [7, 11) is 0. The Morgan fingerprint density at radius 2 is 1.18 bits per heavy atom. The van der Waals surface area contributed by atoms with E-state index < -0.39 is 0 Å². The zero-order chi connectivity index (χ0) is 29.5. The number of halogens is 1. The molecule has 0 fully saturated rings. The molecule has 5 heteroatoms. The molecule has 5 aromatic carbocycles. The van der Waals surface area contributed by atoms with Crippen molar-refractivity contribution in [3.8, 4) is 56.2 Å². The molecule has 0 aliphatic carbocycles. The first-order valence-corrected chi connectivity index (χ1v) is 15.2. The molecule has 208 valence electrons. The van der Waals surface area contributed by atoms with Gasteiger partial charge in [0.1, 0.15) is 11.2 Å². The monoisotopic (exact) mass is 629 g/mol. The van der Waals surface area contributed by atoms with E-state index in [-0.39, 0.29) is 0 Å². The van der Waals surface area contributed by atoms with E-state index in [1.807, 2.05) is 60.8 Å². The quantitative estimate of drug-likeness (QED) is 0.190. The lowest BCUT2D eigenvalue weighted by atomic mass is 9.99. The van der Waals surface area contributed by atoms with Crippen LogP contribution in [0.15, 0.2) is 155 Å². The molecule has 44 heavy (non-hydrogen) atoms. The summed E-state index contributed by atoms with van der Waals surface area (Å²) in [5.41, 5.74) is 10.7. The van der Waals surface area contributed by atoms with E-state index in [1.54, 1.807) is 6.20 Å². The lowest BCUT2D eigenvalue weighted by Crippen LogP contribution is -1.96. The molecule has 0 saturated heterocycles. The third-order valence-electron chi connectivity index (χ3n) is 7.90. The summed E-state index contributed by atoms with van der Waals surface area (Å²) in [5, 5.41) is 2.16. The summed E-state index contributed by atoms with van der Waals surface area (Å²) < 4.78 is 7.34.